The third-order valence-corrected chi connectivity index (χ3v) is 2.25. The van der Waals surface area contributed by atoms with Crippen LogP contribution in [0.2, 0.25) is 0 Å². The van der Waals surface area contributed by atoms with Gasteiger partial charge >= 0.3 is 6.18 Å². The van der Waals surface area contributed by atoms with Gasteiger partial charge in [0, 0.05) is 12.6 Å². The minimum Gasteiger partial charge on any atom is -0.371 e. The molecule has 0 aliphatic heterocycles. The molecule has 0 aliphatic rings. The molecule has 0 radical (unpaired) electrons. The lowest BCUT2D eigenvalue weighted by molar-refractivity contribution is -0.173. The van der Waals surface area contributed by atoms with Crippen molar-refractivity contribution < 1.29 is 17.9 Å². The SMILES string of the molecule is CCCCCC(C)NCCOCC(F)(F)F. The maximum Gasteiger partial charge on any atom is 0.411 e. The number of rotatable bonds is 9. The Kier molecular flexibility index (Phi) is 8.66. The molecule has 0 rings (SSSR count). The number of ether oxygens (including phenoxy) is 1. The molecular formula is C11H22F3NO. The van der Waals surface area contributed by atoms with Crippen molar-refractivity contribution in [1.29, 1.82) is 0 Å². The van der Waals surface area contributed by atoms with Gasteiger partial charge in [0.25, 0.3) is 0 Å². The first-order valence-electron chi connectivity index (χ1n) is 5.83. The first kappa shape index (κ1) is 15.7. The average Bonchev–Trinajstić information content (AvgIpc) is 2.16. The lowest BCUT2D eigenvalue weighted by atomic mass is 10.1. The van der Waals surface area contributed by atoms with Gasteiger partial charge in [0.1, 0.15) is 6.61 Å². The topological polar surface area (TPSA) is 21.3 Å². The highest BCUT2D eigenvalue weighted by atomic mass is 19.4. The predicted octanol–water partition coefficient (Wildman–Crippen LogP) is 3.12. The average molecular weight is 241 g/mol. The van der Waals surface area contributed by atoms with Crippen molar-refractivity contribution in [3.8, 4) is 0 Å². The van der Waals surface area contributed by atoms with Crippen LogP contribution in [-0.2, 0) is 4.74 Å². The molecule has 1 unspecified atom stereocenters. The molecule has 0 aliphatic carbocycles. The normalized spacial score (nSPS) is 14.1. The van der Waals surface area contributed by atoms with Gasteiger partial charge in [0.2, 0.25) is 0 Å². The number of unbranched alkanes of at least 4 members (excludes halogenated alkanes) is 2. The number of nitrogens with one attached hydrogen (secondary N) is 1. The molecule has 16 heavy (non-hydrogen) atoms. The lowest BCUT2D eigenvalue weighted by Gasteiger charge is -2.14. The summed E-state index contributed by atoms with van der Waals surface area (Å²) < 4.78 is 39.6. The summed E-state index contributed by atoms with van der Waals surface area (Å²) in [6, 6.07) is 0.348. The van der Waals surface area contributed by atoms with E-state index in [2.05, 4.69) is 17.0 Å². The van der Waals surface area contributed by atoms with Crippen molar-refractivity contribution in [2.75, 3.05) is 19.8 Å². The van der Waals surface area contributed by atoms with E-state index < -0.39 is 12.8 Å². The maximum absolute atomic E-state index is 11.7. The molecule has 1 N–H and O–H groups in total. The van der Waals surface area contributed by atoms with Crippen LogP contribution in [-0.4, -0.2) is 32.0 Å². The van der Waals surface area contributed by atoms with E-state index in [4.69, 9.17) is 0 Å². The van der Waals surface area contributed by atoms with E-state index in [0.29, 0.717) is 12.6 Å². The molecule has 0 saturated heterocycles. The third-order valence-electron chi connectivity index (χ3n) is 2.25. The highest BCUT2D eigenvalue weighted by Gasteiger charge is 2.27. The Morgan fingerprint density at radius 1 is 1.25 bits per heavy atom. The molecule has 0 fully saturated rings. The van der Waals surface area contributed by atoms with Crippen LogP contribution in [0.5, 0.6) is 0 Å². The van der Waals surface area contributed by atoms with E-state index in [1.807, 2.05) is 6.92 Å². The van der Waals surface area contributed by atoms with Gasteiger partial charge < -0.3 is 10.1 Å². The molecule has 5 heteroatoms. The van der Waals surface area contributed by atoms with Crippen LogP contribution in [0.25, 0.3) is 0 Å². The summed E-state index contributed by atoms with van der Waals surface area (Å²) in [4.78, 5) is 0. The fourth-order valence-corrected chi connectivity index (χ4v) is 1.37. The van der Waals surface area contributed by atoms with Crippen molar-refractivity contribution in [3.63, 3.8) is 0 Å². The molecule has 2 nitrogen and oxygen atoms in total. The fourth-order valence-electron chi connectivity index (χ4n) is 1.37. The van der Waals surface area contributed by atoms with Crippen molar-refractivity contribution >= 4 is 0 Å². The van der Waals surface area contributed by atoms with Crippen LogP contribution in [0, 0.1) is 0 Å². The molecule has 0 aromatic rings. The molecule has 0 spiro atoms. The van der Waals surface area contributed by atoms with Crippen molar-refractivity contribution in [2.45, 2.75) is 51.7 Å². The van der Waals surface area contributed by atoms with E-state index in [1.54, 1.807) is 0 Å². The summed E-state index contributed by atoms with van der Waals surface area (Å²) in [7, 11) is 0. The highest BCUT2D eigenvalue weighted by Crippen LogP contribution is 2.13. The second-order valence-electron chi connectivity index (χ2n) is 4.02. The van der Waals surface area contributed by atoms with Gasteiger partial charge in [0.15, 0.2) is 0 Å². The summed E-state index contributed by atoms with van der Waals surface area (Å²) in [5, 5.41) is 3.14. The van der Waals surface area contributed by atoms with E-state index in [1.165, 1.54) is 12.8 Å². The molecule has 0 aromatic heterocycles. The number of hydrogen-bond donors (Lipinski definition) is 1. The first-order chi connectivity index (χ1) is 7.45. The minimum absolute atomic E-state index is 0.109. The summed E-state index contributed by atoms with van der Waals surface area (Å²) >= 11 is 0. The Bertz CT molecular complexity index is 162. The second-order valence-corrected chi connectivity index (χ2v) is 4.02. The van der Waals surface area contributed by atoms with Crippen LogP contribution >= 0.6 is 0 Å². The maximum atomic E-state index is 11.7. The van der Waals surface area contributed by atoms with Gasteiger partial charge in [-0.25, -0.2) is 0 Å². The molecular weight excluding hydrogens is 219 g/mol. The van der Waals surface area contributed by atoms with Crippen LogP contribution in [0.3, 0.4) is 0 Å². The summed E-state index contributed by atoms with van der Waals surface area (Å²) in [5.41, 5.74) is 0. The molecule has 0 saturated carbocycles. The van der Waals surface area contributed by atoms with Crippen molar-refractivity contribution in [3.05, 3.63) is 0 Å². The standard InChI is InChI=1S/C11H22F3NO/c1-3-4-5-6-10(2)15-7-8-16-9-11(12,13)14/h10,15H,3-9H2,1-2H3. The molecule has 98 valence electrons. The summed E-state index contributed by atoms with van der Waals surface area (Å²) in [6.07, 6.45) is 0.395. The lowest BCUT2D eigenvalue weighted by Crippen LogP contribution is -2.30. The summed E-state index contributed by atoms with van der Waals surface area (Å²) in [5.74, 6) is 0. The largest absolute Gasteiger partial charge is 0.411 e. The van der Waals surface area contributed by atoms with E-state index in [0.717, 1.165) is 12.8 Å². The fraction of sp³-hybridized carbons (Fsp3) is 1.00. The van der Waals surface area contributed by atoms with Gasteiger partial charge in [-0.2, -0.15) is 13.2 Å². The van der Waals surface area contributed by atoms with Gasteiger partial charge in [-0.3, -0.25) is 0 Å². The summed E-state index contributed by atoms with van der Waals surface area (Å²) in [6.45, 7) is 3.61. The highest BCUT2D eigenvalue weighted by molar-refractivity contribution is 4.60. The predicted molar refractivity (Wildman–Crippen MR) is 58.5 cm³/mol. The van der Waals surface area contributed by atoms with Crippen LogP contribution < -0.4 is 5.32 Å². The number of alkyl halides is 3. The zero-order valence-corrected chi connectivity index (χ0v) is 10.1. The molecule has 0 heterocycles. The second kappa shape index (κ2) is 8.82. The number of halogens is 3. The van der Waals surface area contributed by atoms with Crippen molar-refractivity contribution in [1.82, 2.24) is 5.32 Å². The smallest absolute Gasteiger partial charge is 0.371 e. The van der Waals surface area contributed by atoms with Gasteiger partial charge in [-0.05, 0) is 13.3 Å². The van der Waals surface area contributed by atoms with Crippen LogP contribution in [0.15, 0.2) is 0 Å². The molecule has 0 bridgehead atoms. The third kappa shape index (κ3) is 11.8. The Morgan fingerprint density at radius 3 is 2.50 bits per heavy atom. The van der Waals surface area contributed by atoms with Crippen molar-refractivity contribution in [2.24, 2.45) is 0 Å². The zero-order valence-electron chi connectivity index (χ0n) is 10.1. The van der Waals surface area contributed by atoms with Gasteiger partial charge in [-0.15, -0.1) is 0 Å². The number of hydrogen-bond acceptors (Lipinski definition) is 2. The van der Waals surface area contributed by atoms with Crippen LogP contribution in [0.1, 0.15) is 39.5 Å². The molecule has 0 amide bonds. The minimum atomic E-state index is -4.22. The Labute approximate surface area is 95.5 Å². The van der Waals surface area contributed by atoms with Gasteiger partial charge in [-0.1, -0.05) is 26.2 Å². The van der Waals surface area contributed by atoms with Gasteiger partial charge in [0.05, 0.1) is 6.61 Å². The monoisotopic (exact) mass is 241 g/mol. The Hall–Kier alpha value is -0.290. The van der Waals surface area contributed by atoms with E-state index in [9.17, 15) is 13.2 Å². The van der Waals surface area contributed by atoms with E-state index >= 15 is 0 Å². The molecule has 1 atom stereocenters. The Balaban J connectivity index is 3.24. The first-order valence-corrected chi connectivity index (χ1v) is 5.83. The quantitative estimate of drug-likeness (QED) is 0.626. The van der Waals surface area contributed by atoms with E-state index in [-0.39, 0.29) is 6.61 Å². The van der Waals surface area contributed by atoms with Crippen LogP contribution in [0.4, 0.5) is 13.2 Å². The Morgan fingerprint density at radius 2 is 1.94 bits per heavy atom. The molecule has 0 aromatic carbocycles. The zero-order chi connectivity index (χ0) is 12.4.